The molecule has 4 rings (SSSR count). The fourth-order valence-corrected chi connectivity index (χ4v) is 4.18. The SMILES string of the molecule is CCC1(COc2ccnc(CS(=O)c3nc4ccccc4[n-]3)c2C)OCCO1.[Na+]. The van der Waals surface area contributed by atoms with E-state index < -0.39 is 16.6 Å². The van der Waals surface area contributed by atoms with Crippen molar-refractivity contribution in [2.45, 2.75) is 37.0 Å². The average molecular weight is 423 g/mol. The van der Waals surface area contributed by atoms with Gasteiger partial charge in [0.15, 0.2) is 0 Å². The molecule has 0 spiro atoms. The number of rotatable bonds is 7. The van der Waals surface area contributed by atoms with Gasteiger partial charge in [-0.05, 0) is 24.0 Å². The first-order chi connectivity index (χ1) is 13.6. The molecule has 148 valence electrons. The second-order valence-electron chi connectivity index (χ2n) is 6.62. The van der Waals surface area contributed by atoms with Crippen molar-refractivity contribution in [2.75, 3.05) is 19.8 Å². The Morgan fingerprint density at radius 2 is 2.00 bits per heavy atom. The van der Waals surface area contributed by atoms with E-state index in [9.17, 15) is 4.21 Å². The van der Waals surface area contributed by atoms with E-state index in [4.69, 9.17) is 14.2 Å². The monoisotopic (exact) mass is 423 g/mol. The van der Waals surface area contributed by atoms with Gasteiger partial charge in [-0.1, -0.05) is 31.2 Å². The first-order valence-electron chi connectivity index (χ1n) is 9.23. The molecule has 1 aliphatic heterocycles. The topological polar surface area (TPSA) is 84.6 Å². The van der Waals surface area contributed by atoms with Crippen molar-refractivity contribution < 1.29 is 48.0 Å². The van der Waals surface area contributed by atoms with Gasteiger partial charge in [-0.2, -0.15) is 0 Å². The Kier molecular flexibility index (Phi) is 7.47. The molecule has 1 atom stereocenters. The fraction of sp³-hybridized carbons (Fsp3) is 0.400. The van der Waals surface area contributed by atoms with Gasteiger partial charge in [0.25, 0.3) is 0 Å². The number of ether oxygens (including phenoxy) is 3. The van der Waals surface area contributed by atoms with Crippen LogP contribution in [-0.4, -0.2) is 39.8 Å². The number of para-hydroxylation sites is 2. The van der Waals surface area contributed by atoms with Gasteiger partial charge in [0.2, 0.25) is 5.79 Å². The molecular weight excluding hydrogens is 401 g/mol. The molecule has 9 heteroatoms. The van der Waals surface area contributed by atoms with E-state index in [1.807, 2.05) is 38.1 Å². The van der Waals surface area contributed by atoms with Crippen LogP contribution in [0.25, 0.3) is 11.0 Å². The molecule has 1 aromatic carbocycles. The quantitative estimate of drug-likeness (QED) is 0.484. The van der Waals surface area contributed by atoms with Gasteiger partial charge in [-0.25, -0.2) is 0 Å². The molecule has 0 amide bonds. The number of hydrogen-bond donors (Lipinski definition) is 0. The average Bonchev–Trinajstić information content (AvgIpc) is 3.36. The van der Waals surface area contributed by atoms with Gasteiger partial charge in [0, 0.05) is 23.3 Å². The van der Waals surface area contributed by atoms with Crippen molar-refractivity contribution in [3.05, 3.63) is 47.8 Å². The minimum atomic E-state index is -1.39. The summed E-state index contributed by atoms with van der Waals surface area (Å²) in [5.41, 5.74) is 3.03. The first kappa shape index (κ1) is 22.4. The van der Waals surface area contributed by atoms with Crippen LogP contribution in [0.2, 0.25) is 0 Å². The Morgan fingerprint density at radius 3 is 2.72 bits per heavy atom. The summed E-state index contributed by atoms with van der Waals surface area (Å²) in [6, 6.07) is 9.29. The molecule has 1 aliphatic rings. The van der Waals surface area contributed by atoms with Crippen molar-refractivity contribution in [1.29, 1.82) is 0 Å². The van der Waals surface area contributed by atoms with Crippen LogP contribution >= 0.6 is 0 Å². The molecule has 0 bridgehead atoms. The Labute approximate surface area is 194 Å². The molecule has 3 heterocycles. The zero-order chi connectivity index (χ0) is 19.6. The maximum Gasteiger partial charge on any atom is 1.00 e. The summed E-state index contributed by atoms with van der Waals surface area (Å²) in [6.45, 7) is 5.36. The normalized spacial score (nSPS) is 16.5. The Hall–Kier alpha value is -1.29. The minimum Gasteiger partial charge on any atom is -0.488 e. The van der Waals surface area contributed by atoms with Crippen molar-refractivity contribution in [3.63, 3.8) is 0 Å². The van der Waals surface area contributed by atoms with Gasteiger partial charge in [0.05, 0.1) is 35.5 Å². The molecular formula is C20H22N3NaO4S. The van der Waals surface area contributed by atoms with Gasteiger partial charge >= 0.3 is 29.6 Å². The van der Waals surface area contributed by atoms with Crippen LogP contribution in [0.4, 0.5) is 0 Å². The summed E-state index contributed by atoms with van der Waals surface area (Å²) in [7, 11) is -1.39. The number of imidazole rings is 1. The van der Waals surface area contributed by atoms with Gasteiger partial charge < -0.3 is 24.2 Å². The van der Waals surface area contributed by atoms with Gasteiger partial charge in [-0.3, -0.25) is 9.19 Å². The minimum absolute atomic E-state index is 0. The van der Waals surface area contributed by atoms with E-state index in [1.165, 1.54) is 0 Å². The summed E-state index contributed by atoms with van der Waals surface area (Å²) in [5, 5.41) is 0.325. The van der Waals surface area contributed by atoms with Crippen LogP contribution in [0.3, 0.4) is 0 Å². The predicted octanol–water partition coefficient (Wildman–Crippen LogP) is -0.261. The van der Waals surface area contributed by atoms with E-state index in [2.05, 4.69) is 15.0 Å². The van der Waals surface area contributed by atoms with Gasteiger partial charge in [0.1, 0.15) is 12.4 Å². The molecule has 3 aromatic rings. The van der Waals surface area contributed by atoms with Crippen molar-refractivity contribution in [3.8, 4) is 5.75 Å². The second kappa shape index (κ2) is 9.68. The van der Waals surface area contributed by atoms with E-state index in [0.29, 0.717) is 42.8 Å². The maximum atomic E-state index is 12.8. The van der Waals surface area contributed by atoms with E-state index >= 15 is 0 Å². The standard InChI is InChI=1S/C20H22N3O4S.Na/c1-3-20(26-10-11-27-20)13-25-18-8-9-21-17(14(18)2)12-28(24)19-22-15-6-4-5-7-16(15)23-19;/h4-9H,3,10-13H2,1-2H3;/q-1;+1. The summed E-state index contributed by atoms with van der Waals surface area (Å²) in [6.07, 6.45) is 2.36. The predicted molar refractivity (Wildman–Crippen MR) is 105 cm³/mol. The Morgan fingerprint density at radius 1 is 1.24 bits per heavy atom. The third-order valence-corrected chi connectivity index (χ3v) is 5.97. The molecule has 1 saturated heterocycles. The van der Waals surface area contributed by atoms with Crippen molar-refractivity contribution in [1.82, 2.24) is 15.0 Å². The van der Waals surface area contributed by atoms with Crippen molar-refractivity contribution in [2.24, 2.45) is 0 Å². The van der Waals surface area contributed by atoms with Crippen LogP contribution in [-0.2, 0) is 26.0 Å². The number of pyridine rings is 1. The number of benzene rings is 1. The summed E-state index contributed by atoms with van der Waals surface area (Å²) in [5.74, 6) is 0.218. The molecule has 1 fully saturated rings. The first-order valence-corrected chi connectivity index (χ1v) is 10.6. The molecule has 0 saturated carbocycles. The molecule has 2 aromatic heterocycles. The van der Waals surface area contributed by atoms with E-state index in [1.54, 1.807) is 12.3 Å². The summed E-state index contributed by atoms with van der Waals surface area (Å²) < 4.78 is 30.2. The number of nitrogens with zero attached hydrogens (tertiary/aromatic N) is 3. The third kappa shape index (κ3) is 4.90. The smallest absolute Gasteiger partial charge is 0.488 e. The summed E-state index contributed by atoms with van der Waals surface area (Å²) >= 11 is 0. The number of fused-ring (bicyclic) bond motifs is 1. The summed E-state index contributed by atoms with van der Waals surface area (Å²) in [4.78, 5) is 13.1. The fourth-order valence-electron chi connectivity index (χ4n) is 3.11. The third-order valence-electron chi connectivity index (χ3n) is 4.84. The maximum absolute atomic E-state index is 12.8. The van der Waals surface area contributed by atoms with Gasteiger partial charge in [-0.15, -0.1) is 0 Å². The van der Waals surface area contributed by atoms with E-state index in [-0.39, 0.29) is 35.3 Å². The largest absolute Gasteiger partial charge is 1.00 e. The number of hydrogen-bond acceptors (Lipinski definition) is 6. The molecule has 29 heavy (non-hydrogen) atoms. The van der Waals surface area contributed by atoms with Crippen LogP contribution < -0.4 is 39.3 Å². The molecule has 0 radical (unpaired) electrons. The number of aromatic nitrogens is 3. The van der Waals surface area contributed by atoms with Crippen molar-refractivity contribution >= 4 is 21.8 Å². The van der Waals surface area contributed by atoms with Crippen LogP contribution in [0.5, 0.6) is 5.75 Å². The molecule has 1 unspecified atom stereocenters. The molecule has 7 nitrogen and oxygen atoms in total. The van der Waals surface area contributed by atoms with Crippen LogP contribution in [0.1, 0.15) is 24.6 Å². The Balaban J connectivity index is 0.00000240. The van der Waals surface area contributed by atoms with Crippen LogP contribution in [0.15, 0.2) is 41.7 Å². The second-order valence-corrected chi connectivity index (χ2v) is 7.96. The zero-order valence-electron chi connectivity index (χ0n) is 16.9. The molecule has 0 N–H and O–H groups in total. The van der Waals surface area contributed by atoms with Crippen LogP contribution in [0, 0.1) is 6.92 Å². The molecule has 0 aliphatic carbocycles. The Bertz CT molecular complexity index is 971. The van der Waals surface area contributed by atoms with E-state index in [0.717, 1.165) is 16.6 Å². The zero-order valence-corrected chi connectivity index (χ0v) is 19.7.